The van der Waals surface area contributed by atoms with Gasteiger partial charge in [-0.3, -0.25) is 52.7 Å². The van der Waals surface area contributed by atoms with Crippen LogP contribution in [0.1, 0.15) is 113 Å². The van der Waals surface area contributed by atoms with Gasteiger partial charge in [0.2, 0.25) is 41.1 Å². The number of imidazole rings is 3. The predicted molar refractivity (Wildman–Crippen MR) is 326 cm³/mol. The van der Waals surface area contributed by atoms with Crippen molar-refractivity contribution < 1.29 is 52.7 Å². The van der Waals surface area contributed by atoms with Crippen LogP contribution >= 0.6 is 0 Å². The highest BCUT2D eigenvalue weighted by Gasteiger charge is 2.24. The van der Waals surface area contributed by atoms with Gasteiger partial charge in [-0.2, -0.15) is 0 Å². The van der Waals surface area contributed by atoms with Crippen molar-refractivity contribution in [3.63, 3.8) is 0 Å². The number of carbonyl (C=O) groups excluding carboxylic acids is 11. The van der Waals surface area contributed by atoms with E-state index >= 15 is 0 Å². The molecule has 33 nitrogen and oxygen atoms in total. The van der Waals surface area contributed by atoms with Gasteiger partial charge in [0.25, 0.3) is 41.4 Å². The summed E-state index contributed by atoms with van der Waals surface area (Å²) in [6.07, 6.45) is 11.6. The predicted octanol–water partition coefficient (Wildman–Crippen LogP) is 1.30. The molecular weight excluding hydrogens is 1160 g/mol. The molecule has 0 aliphatic rings. The summed E-state index contributed by atoms with van der Waals surface area (Å²) in [6.45, 7) is 2.92. The third kappa shape index (κ3) is 18.0. The smallest absolute Gasteiger partial charge is 0.292 e. The number of hydrogen-bond acceptors (Lipinski definition) is 15. The fraction of sp³-hybridized carbons (Fsp3) is 0.357. The maximum atomic E-state index is 13.5. The molecule has 33 heteroatoms. The number of carbonyl (C=O) groups is 11. The summed E-state index contributed by atoms with van der Waals surface area (Å²) in [5.74, 6) is -5.16. The summed E-state index contributed by atoms with van der Waals surface area (Å²) in [5.41, 5.74) is 2.17. The topological polar surface area (TPSA) is 397 Å². The Kier molecular flexibility index (Phi) is 21.6. The number of amides is 11. The normalized spacial score (nSPS) is 11.0. The summed E-state index contributed by atoms with van der Waals surface area (Å²) >= 11 is 0. The third-order valence-electron chi connectivity index (χ3n) is 13.3. The van der Waals surface area contributed by atoms with E-state index in [4.69, 9.17) is 0 Å². The van der Waals surface area contributed by atoms with Gasteiger partial charge in [0.1, 0.15) is 22.8 Å². The summed E-state index contributed by atoms with van der Waals surface area (Å²) in [7, 11) is 15.1. The second-order valence-corrected chi connectivity index (χ2v) is 21.1. The van der Waals surface area contributed by atoms with Crippen molar-refractivity contribution >= 4 is 105 Å². The molecule has 0 saturated heterocycles. The second-order valence-electron chi connectivity index (χ2n) is 21.1. The number of aryl methyl sites for hydroxylation is 7. The second kappa shape index (κ2) is 29.3. The van der Waals surface area contributed by atoms with Gasteiger partial charge in [0, 0.05) is 145 Å². The van der Waals surface area contributed by atoms with Crippen molar-refractivity contribution in [2.75, 3.05) is 84.0 Å². The van der Waals surface area contributed by atoms with Gasteiger partial charge in [-0.25, -0.2) is 15.0 Å². The van der Waals surface area contributed by atoms with Crippen LogP contribution in [0.25, 0.3) is 0 Å². The van der Waals surface area contributed by atoms with Crippen LogP contribution < -0.4 is 58.5 Å². The van der Waals surface area contributed by atoms with Gasteiger partial charge < -0.3 is 95.4 Å². The Morgan fingerprint density at radius 2 is 0.719 bits per heavy atom. The molecule has 11 N–H and O–H groups in total. The first-order valence-corrected chi connectivity index (χ1v) is 27.9. The molecule has 0 unspecified atom stereocenters. The van der Waals surface area contributed by atoms with E-state index in [1.165, 1.54) is 89.6 Å². The molecule has 472 valence electrons. The lowest BCUT2D eigenvalue weighted by Gasteiger charge is -2.10. The van der Waals surface area contributed by atoms with Crippen LogP contribution in [0.15, 0.2) is 67.6 Å². The van der Waals surface area contributed by atoms with Crippen molar-refractivity contribution in [1.82, 2.24) is 73.1 Å². The summed E-state index contributed by atoms with van der Waals surface area (Å²) in [6, 6.07) is 5.90. The summed E-state index contributed by atoms with van der Waals surface area (Å²) in [4.78, 5) is 156. The molecular formula is C56H72N22O11. The minimum Gasteiger partial charge on any atom is -0.356 e. The molecule has 0 bridgehead atoms. The molecule has 0 aromatic carbocycles. The lowest BCUT2D eigenvalue weighted by Crippen LogP contribution is -2.32. The Balaban J connectivity index is 0.807. The zero-order valence-electron chi connectivity index (χ0n) is 50.8. The quantitative estimate of drug-likeness (QED) is 0.0308. The molecule has 0 saturated carbocycles. The molecule has 0 fully saturated rings. The Morgan fingerprint density at radius 1 is 0.360 bits per heavy atom. The molecule has 7 aromatic heterocycles. The average Bonchev–Trinajstić information content (AvgIpc) is 4.05. The maximum absolute atomic E-state index is 13.5. The van der Waals surface area contributed by atoms with E-state index in [1.54, 1.807) is 66.3 Å². The standard InChI is InChI=1S/C56H72N22O11/c1-32(79)61-33-21-37(72(4)25-33)51(84)59-19-15-46(82)65-41-29-77(9)48(66-41)55(88)64-36-23-38(73(5)28-36)50(83)58-16-11-13-45(81)62-34-22-39(74(6)26-34)52(85)63-35-24-40(75(7)27-35)53(86)69-42-30-78(10)49(68-42)56(89)70-43-31-76(8)47(67-43)54(87)60-18-14-44(80)57-17-12-20-71(2)3/h21-31H,11-20H2,1-10H3,(H,57,80)(H,58,83)(H,59,84)(H,60,87)(H,61,79)(H,62,81)(H,63,85)(H,64,88)(H,65,82)(H,69,86)(H,70,89). The van der Waals surface area contributed by atoms with Crippen LogP contribution in [0.4, 0.5) is 40.2 Å². The van der Waals surface area contributed by atoms with Crippen molar-refractivity contribution in [3.8, 4) is 0 Å². The molecule has 11 amide bonds. The lowest BCUT2D eigenvalue weighted by molar-refractivity contribution is -0.121. The van der Waals surface area contributed by atoms with Gasteiger partial charge >= 0.3 is 0 Å². The monoisotopic (exact) mass is 1230 g/mol. The number of nitrogens with zero attached hydrogens (tertiary/aromatic N) is 11. The van der Waals surface area contributed by atoms with E-state index in [0.29, 0.717) is 17.9 Å². The molecule has 0 radical (unpaired) electrons. The maximum Gasteiger partial charge on any atom is 0.292 e. The van der Waals surface area contributed by atoms with Crippen LogP contribution in [0.2, 0.25) is 0 Å². The summed E-state index contributed by atoms with van der Waals surface area (Å²) in [5, 5.41) is 29.6. The van der Waals surface area contributed by atoms with Crippen LogP contribution in [-0.4, -0.2) is 164 Å². The highest BCUT2D eigenvalue weighted by molar-refractivity contribution is 6.08. The molecule has 0 spiro atoms. The van der Waals surface area contributed by atoms with E-state index in [0.717, 1.165) is 13.0 Å². The van der Waals surface area contributed by atoms with E-state index in [-0.39, 0.29) is 132 Å². The first kappa shape index (κ1) is 65.4. The zero-order chi connectivity index (χ0) is 64.8. The van der Waals surface area contributed by atoms with Gasteiger partial charge in [0.15, 0.2) is 17.5 Å². The van der Waals surface area contributed by atoms with Crippen LogP contribution in [-0.2, 0) is 68.5 Å². The summed E-state index contributed by atoms with van der Waals surface area (Å²) < 4.78 is 10.3. The number of nitrogens with one attached hydrogen (secondary N) is 11. The highest BCUT2D eigenvalue weighted by atomic mass is 16.2. The molecule has 7 heterocycles. The van der Waals surface area contributed by atoms with Gasteiger partial charge in [-0.05, 0) is 57.7 Å². The third-order valence-corrected chi connectivity index (χ3v) is 13.3. The van der Waals surface area contributed by atoms with E-state index in [2.05, 4.69) is 73.4 Å². The first-order chi connectivity index (χ1) is 42.2. The van der Waals surface area contributed by atoms with Crippen molar-refractivity contribution in [2.45, 2.75) is 39.0 Å². The Hall–Kier alpha value is -11.1. The molecule has 0 atom stereocenters. The zero-order valence-corrected chi connectivity index (χ0v) is 50.8. The first-order valence-electron chi connectivity index (χ1n) is 27.9. The van der Waals surface area contributed by atoms with Crippen LogP contribution in [0, 0.1) is 0 Å². The highest BCUT2D eigenvalue weighted by Crippen LogP contribution is 2.21. The molecule has 7 rings (SSSR count). The Labute approximate surface area is 509 Å². The van der Waals surface area contributed by atoms with Crippen LogP contribution in [0.5, 0.6) is 0 Å². The number of hydrogen-bond donors (Lipinski definition) is 11. The fourth-order valence-electron chi connectivity index (χ4n) is 9.02. The lowest BCUT2D eigenvalue weighted by atomic mass is 10.2. The van der Waals surface area contributed by atoms with Gasteiger partial charge in [-0.15, -0.1) is 0 Å². The van der Waals surface area contributed by atoms with E-state index < -0.39 is 47.3 Å². The van der Waals surface area contributed by atoms with Crippen LogP contribution in [0.3, 0.4) is 0 Å². The SMILES string of the molecule is CC(=O)Nc1cc(C(=O)NCCC(=O)Nc2cn(C)c(C(=O)Nc3cc(C(=O)NCCCC(=O)Nc4cc(C(=O)Nc5cc(C(=O)Nc6cn(C)c(C(=O)Nc7cn(C)c(C(=O)NCCC(=O)NCCCN(C)C)n7)n6)n(C)c5)n(C)c4)n(C)c3)n2)n(C)c1. The minimum absolute atomic E-state index is 0.00180. The fourth-order valence-corrected chi connectivity index (χ4v) is 9.02. The van der Waals surface area contributed by atoms with Gasteiger partial charge in [0.05, 0.1) is 22.7 Å². The molecule has 0 aliphatic carbocycles. The minimum atomic E-state index is -0.679. The molecule has 7 aromatic rings. The van der Waals surface area contributed by atoms with Crippen molar-refractivity contribution in [2.24, 2.45) is 49.3 Å². The van der Waals surface area contributed by atoms with Crippen molar-refractivity contribution in [3.05, 3.63) is 108 Å². The van der Waals surface area contributed by atoms with E-state index in [9.17, 15) is 52.7 Å². The molecule has 0 aliphatic heterocycles. The Morgan fingerprint density at radius 3 is 1.21 bits per heavy atom. The van der Waals surface area contributed by atoms with Gasteiger partial charge in [-0.1, -0.05) is 0 Å². The van der Waals surface area contributed by atoms with Crippen molar-refractivity contribution in [1.29, 1.82) is 0 Å². The Bertz CT molecular complexity index is 3850. The van der Waals surface area contributed by atoms with E-state index in [1.807, 2.05) is 19.0 Å². The molecule has 89 heavy (non-hydrogen) atoms. The largest absolute Gasteiger partial charge is 0.356 e. The average molecular weight is 1230 g/mol. The number of aromatic nitrogens is 10. The number of anilines is 7. The number of rotatable bonds is 28.